The fourth-order valence-corrected chi connectivity index (χ4v) is 1.69. The molecule has 0 fully saturated rings. The van der Waals surface area contributed by atoms with Crippen molar-refractivity contribution in [2.24, 2.45) is 0 Å². The van der Waals surface area contributed by atoms with E-state index in [0.29, 0.717) is 10.7 Å². The number of nitrogens with one attached hydrogen (secondary N) is 2. The van der Waals surface area contributed by atoms with E-state index in [9.17, 15) is 9.59 Å². The Morgan fingerprint density at radius 3 is 2.74 bits per heavy atom. The number of carboxylic acids is 1. The molecule has 0 saturated heterocycles. The number of carboxylic acid groups (broad SMARTS) is 1. The minimum Gasteiger partial charge on any atom is -0.480 e. The van der Waals surface area contributed by atoms with Gasteiger partial charge >= 0.3 is 12.0 Å². The molecule has 0 radical (unpaired) electrons. The number of anilines is 1. The number of benzene rings is 1. The van der Waals surface area contributed by atoms with Crippen molar-refractivity contribution in [1.29, 1.82) is 0 Å². The lowest BCUT2D eigenvalue weighted by atomic mass is 10.2. The van der Waals surface area contributed by atoms with Crippen molar-refractivity contribution in [3.8, 4) is 12.3 Å². The van der Waals surface area contributed by atoms with Gasteiger partial charge in [-0.3, -0.25) is 0 Å². The first-order valence-electron chi connectivity index (χ1n) is 5.44. The zero-order chi connectivity index (χ0) is 14.4. The highest BCUT2D eigenvalue weighted by Crippen LogP contribution is 2.24. The lowest BCUT2D eigenvalue weighted by Gasteiger charge is -2.14. The summed E-state index contributed by atoms with van der Waals surface area (Å²) in [5.74, 6) is 1.00. The zero-order valence-electron chi connectivity index (χ0n) is 10.2. The van der Waals surface area contributed by atoms with Gasteiger partial charge in [0.1, 0.15) is 6.04 Å². The molecule has 0 saturated carbocycles. The van der Waals surface area contributed by atoms with E-state index in [0.717, 1.165) is 5.56 Å². The molecule has 2 amide bonds. The van der Waals surface area contributed by atoms with Crippen molar-refractivity contribution in [2.75, 3.05) is 5.32 Å². The molecular formula is C13H13ClN2O3. The Morgan fingerprint density at radius 2 is 2.21 bits per heavy atom. The van der Waals surface area contributed by atoms with Crippen LogP contribution in [0, 0.1) is 19.3 Å². The molecule has 1 rings (SSSR count). The Hall–Kier alpha value is -2.19. The number of amides is 2. The number of hydrogen-bond acceptors (Lipinski definition) is 2. The summed E-state index contributed by atoms with van der Waals surface area (Å²) >= 11 is 5.94. The molecule has 1 atom stereocenters. The Balaban J connectivity index is 2.75. The number of carbonyl (C=O) groups excluding carboxylic acids is 1. The van der Waals surface area contributed by atoms with Gasteiger partial charge in [-0.25, -0.2) is 9.59 Å². The number of carbonyl (C=O) groups is 2. The summed E-state index contributed by atoms with van der Waals surface area (Å²) in [5, 5.41) is 14.0. The molecule has 0 aliphatic rings. The number of terminal acetylenes is 1. The quantitative estimate of drug-likeness (QED) is 0.740. The van der Waals surface area contributed by atoms with E-state index in [1.54, 1.807) is 25.1 Å². The fraction of sp³-hybridized carbons (Fsp3) is 0.231. The van der Waals surface area contributed by atoms with Crippen molar-refractivity contribution in [1.82, 2.24) is 5.32 Å². The lowest BCUT2D eigenvalue weighted by Crippen LogP contribution is -2.42. The Kier molecular flexibility index (Phi) is 5.22. The average molecular weight is 281 g/mol. The third-order valence-corrected chi connectivity index (χ3v) is 2.70. The van der Waals surface area contributed by atoms with E-state index in [4.69, 9.17) is 23.1 Å². The number of rotatable bonds is 4. The highest BCUT2D eigenvalue weighted by Gasteiger charge is 2.19. The molecule has 0 spiro atoms. The van der Waals surface area contributed by atoms with Gasteiger partial charge in [0.15, 0.2) is 0 Å². The minimum absolute atomic E-state index is 0.0930. The molecule has 0 bridgehead atoms. The van der Waals surface area contributed by atoms with Crippen molar-refractivity contribution in [3.05, 3.63) is 28.8 Å². The van der Waals surface area contributed by atoms with E-state index >= 15 is 0 Å². The highest BCUT2D eigenvalue weighted by molar-refractivity contribution is 6.33. The van der Waals surface area contributed by atoms with Crippen LogP contribution in [-0.2, 0) is 4.79 Å². The van der Waals surface area contributed by atoms with Crippen LogP contribution in [0.4, 0.5) is 10.5 Å². The predicted octanol–water partition coefficient (Wildman–Crippen LogP) is 2.25. The Labute approximate surface area is 116 Å². The van der Waals surface area contributed by atoms with Crippen molar-refractivity contribution < 1.29 is 14.7 Å². The monoisotopic (exact) mass is 280 g/mol. The summed E-state index contributed by atoms with van der Waals surface area (Å²) in [6, 6.07) is 3.35. The van der Waals surface area contributed by atoms with E-state index < -0.39 is 18.0 Å². The maximum absolute atomic E-state index is 11.7. The molecule has 0 heterocycles. The number of aryl methyl sites for hydroxylation is 1. The summed E-state index contributed by atoms with van der Waals surface area (Å²) < 4.78 is 0. The van der Waals surface area contributed by atoms with Crippen LogP contribution < -0.4 is 10.6 Å². The summed E-state index contributed by atoms with van der Waals surface area (Å²) in [6.45, 7) is 1.78. The van der Waals surface area contributed by atoms with Crippen LogP contribution in [0.3, 0.4) is 0 Å². The summed E-state index contributed by atoms with van der Waals surface area (Å²) in [6.07, 6.45) is 4.94. The SMILES string of the molecule is C#CCC(NC(=O)Nc1c(C)cccc1Cl)C(=O)O. The molecule has 5 nitrogen and oxygen atoms in total. The largest absolute Gasteiger partial charge is 0.480 e. The first kappa shape index (κ1) is 14.9. The van der Waals surface area contributed by atoms with Crippen LogP contribution in [0.15, 0.2) is 18.2 Å². The second-order valence-electron chi connectivity index (χ2n) is 3.83. The Morgan fingerprint density at radius 1 is 1.53 bits per heavy atom. The zero-order valence-corrected chi connectivity index (χ0v) is 11.0. The molecule has 100 valence electrons. The van der Waals surface area contributed by atoms with Gasteiger partial charge in [0, 0.05) is 6.42 Å². The second-order valence-corrected chi connectivity index (χ2v) is 4.24. The van der Waals surface area contributed by atoms with Gasteiger partial charge in [0.2, 0.25) is 0 Å². The molecule has 0 aromatic heterocycles. The molecule has 1 aromatic rings. The summed E-state index contributed by atoms with van der Waals surface area (Å²) in [7, 11) is 0. The number of urea groups is 1. The molecule has 19 heavy (non-hydrogen) atoms. The number of halogens is 1. The molecule has 0 aliphatic carbocycles. The van der Waals surface area contributed by atoms with E-state index in [2.05, 4.69) is 16.6 Å². The normalized spacial score (nSPS) is 11.2. The van der Waals surface area contributed by atoms with Crippen molar-refractivity contribution in [3.63, 3.8) is 0 Å². The maximum Gasteiger partial charge on any atom is 0.327 e. The molecule has 3 N–H and O–H groups in total. The van der Waals surface area contributed by atoms with E-state index in [1.165, 1.54) is 0 Å². The number of para-hydroxylation sites is 1. The smallest absolute Gasteiger partial charge is 0.327 e. The minimum atomic E-state index is -1.19. The van der Waals surface area contributed by atoms with Crippen LogP contribution in [0.5, 0.6) is 0 Å². The average Bonchev–Trinajstić information content (AvgIpc) is 2.33. The summed E-state index contributed by atoms with van der Waals surface area (Å²) in [4.78, 5) is 22.5. The van der Waals surface area contributed by atoms with Crippen LogP contribution in [0.2, 0.25) is 5.02 Å². The van der Waals surface area contributed by atoms with Gasteiger partial charge in [-0.2, -0.15) is 0 Å². The molecule has 6 heteroatoms. The first-order valence-corrected chi connectivity index (χ1v) is 5.82. The Bertz CT molecular complexity index is 517. The van der Waals surface area contributed by atoms with Crippen LogP contribution in [0.1, 0.15) is 12.0 Å². The first-order chi connectivity index (χ1) is 8.95. The third-order valence-electron chi connectivity index (χ3n) is 2.39. The fourth-order valence-electron chi connectivity index (χ4n) is 1.42. The lowest BCUT2D eigenvalue weighted by molar-refractivity contribution is -0.139. The van der Waals surface area contributed by atoms with E-state index in [-0.39, 0.29) is 6.42 Å². The second kappa shape index (κ2) is 6.66. The third kappa shape index (κ3) is 4.19. The van der Waals surface area contributed by atoms with Gasteiger partial charge < -0.3 is 15.7 Å². The molecule has 1 unspecified atom stereocenters. The number of hydrogen-bond donors (Lipinski definition) is 3. The van der Waals surface area contributed by atoms with Crippen LogP contribution >= 0.6 is 11.6 Å². The number of aliphatic carboxylic acids is 1. The predicted molar refractivity (Wildman–Crippen MR) is 73.2 cm³/mol. The molecule has 0 aliphatic heterocycles. The van der Waals surface area contributed by atoms with Gasteiger partial charge in [-0.05, 0) is 18.6 Å². The van der Waals surface area contributed by atoms with Gasteiger partial charge in [-0.15, -0.1) is 12.3 Å². The van der Waals surface area contributed by atoms with Crippen molar-refractivity contribution in [2.45, 2.75) is 19.4 Å². The van der Waals surface area contributed by atoms with Gasteiger partial charge in [0.25, 0.3) is 0 Å². The maximum atomic E-state index is 11.7. The van der Waals surface area contributed by atoms with E-state index in [1.807, 2.05) is 0 Å². The highest BCUT2D eigenvalue weighted by atomic mass is 35.5. The van der Waals surface area contributed by atoms with Crippen LogP contribution in [0.25, 0.3) is 0 Å². The standard InChI is InChI=1S/C13H13ClN2O3/c1-3-5-10(12(17)18)15-13(19)16-11-8(2)6-4-7-9(11)14/h1,4,6-7,10H,5H2,2H3,(H,17,18)(H2,15,16,19). The molecular weight excluding hydrogens is 268 g/mol. The topological polar surface area (TPSA) is 78.4 Å². The van der Waals surface area contributed by atoms with Gasteiger partial charge in [-0.1, -0.05) is 23.7 Å². The molecule has 1 aromatic carbocycles. The van der Waals surface area contributed by atoms with Crippen molar-refractivity contribution >= 4 is 29.3 Å². The summed E-state index contributed by atoms with van der Waals surface area (Å²) in [5.41, 5.74) is 1.21. The van der Waals surface area contributed by atoms with Gasteiger partial charge in [0.05, 0.1) is 10.7 Å². The van der Waals surface area contributed by atoms with Crippen LogP contribution in [-0.4, -0.2) is 23.1 Å².